The third-order valence-corrected chi connectivity index (χ3v) is 4.51. The van der Waals surface area contributed by atoms with Gasteiger partial charge in [0, 0.05) is 6.54 Å². The van der Waals surface area contributed by atoms with Crippen molar-refractivity contribution in [1.29, 1.82) is 0 Å². The molecular formula is C14H25N. The Morgan fingerprint density at radius 3 is 2.73 bits per heavy atom. The minimum absolute atomic E-state index is 0.939. The fraction of sp³-hybridized carbons (Fsp3) is 0.929. The molecule has 1 fully saturated rings. The van der Waals surface area contributed by atoms with Crippen molar-refractivity contribution < 1.29 is 0 Å². The second kappa shape index (κ2) is 5.14. The molecule has 1 aliphatic carbocycles. The highest BCUT2D eigenvalue weighted by atomic mass is 14.7. The molecule has 1 heterocycles. The topological polar surface area (TPSA) is 12.4 Å². The SMILES string of the molecule is CCC(CC)CC1CC1[C@@H]1CCC=NC1. The van der Waals surface area contributed by atoms with Crippen molar-refractivity contribution in [3.63, 3.8) is 0 Å². The number of rotatable bonds is 5. The fourth-order valence-corrected chi connectivity index (χ4v) is 3.20. The number of aliphatic imine (C=N–C) groups is 1. The summed E-state index contributed by atoms with van der Waals surface area (Å²) in [6, 6.07) is 0. The highest BCUT2D eigenvalue weighted by molar-refractivity contribution is 5.57. The summed E-state index contributed by atoms with van der Waals surface area (Å²) in [7, 11) is 0. The van der Waals surface area contributed by atoms with Gasteiger partial charge in [-0.05, 0) is 55.6 Å². The van der Waals surface area contributed by atoms with Crippen LogP contribution >= 0.6 is 0 Å². The van der Waals surface area contributed by atoms with Crippen molar-refractivity contribution in [1.82, 2.24) is 0 Å². The Kier molecular flexibility index (Phi) is 3.82. The molecule has 0 spiro atoms. The van der Waals surface area contributed by atoms with Crippen molar-refractivity contribution in [2.24, 2.45) is 28.7 Å². The Balaban J connectivity index is 1.73. The van der Waals surface area contributed by atoms with Gasteiger partial charge in [-0.1, -0.05) is 26.7 Å². The molecule has 3 atom stereocenters. The first-order valence-electron chi connectivity index (χ1n) is 6.83. The zero-order chi connectivity index (χ0) is 10.7. The minimum Gasteiger partial charge on any atom is -0.297 e. The van der Waals surface area contributed by atoms with Crippen LogP contribution in [0.5, 0.6) is 0 Å². The van der Waals surface area contributed by atoms with E-state index < -0.39 is 0 Å². The molecule has 15 heavy (non-hydrogen) atoms. The summed E-state index contributed by atoms with van der Waals surface area (Å²) in [6.07, 6.45) is 10.5. The first-order valence-corrected chi connectivity index (χ1v) is 6.83. The molecule has 1 saturated carbocycles. The third kappa shape index (κ3) is 2.83. The van der Waals surface area contributed by atoms with Crippen LogP contribution in [0.1, 0.15) is 52.4 Å². The molecule has 2 aliphatic rings. The number of hydrogen-bond acceptors (Lipinski definition) is 1. The predicted octanol–water partition coefficient (Wildman–Crippen LogP) is 3.93. The first kappa shape index (κ1) is 11.2. The van der Waals surface area contributed by atoms with Gasteiger partial charge in [0.05, 0.1) is 0 Å². The van der Waals surface area contributed by atoms with Gasteiger partial charge in [0.25, 0.3) is 0 Å². The lowest BCUT2D eigenvalue weighted by atomic mass is 9.90. The van der Waals surface area contributed by atoms with E-state index in [1.54, 1.807) is 0 Å². The second-order valence-electron chi connectivity index (χ2n) is 5.46. The van der Waals surface area contributed by atoms with Gasteiger partial charge < -0.3 is 0 Å². The van der Waals surface area contributed by atoms with Crippen LogP contribution in [0.4, 0.5) is 0 Å². The maximum Gasteiger partial charge on any atom is 0.0416 e. The van der Waals surface area contributed by atoms with Crippen molar-refractivity contribution >= 4 is 6.21 Å². The molecule has 1 aliphatic heterocycles. The summed E-state index contributed by atoms with van der Waals surface area (Å²) in [5.41, 5.74) is 0. The molecule has 2 rings (SSSR count). The number of nitrogens with zero attached hydrogens (tertiary/aromatic N) is 1. The van der Waals surface area contributed by atoms with Crippen LogP contribution in [-0.2, 0) is 0 Å². The Hall–Kier alpha value is -0.330. The quantitative estimate of drug-likeness (QED) is 0.647. The van der Waals surface area contributed by atoms with E-state index in [9.17, 15) is 0 Å². The average molecular weight is 207 g/mol. The van der Waals surface area contributed by atoms with E-state index in [0.29, 0.717) is 0 Å². The summed E-state index contributed by atoms with van der Waals surface area (Å²) in [4.78, 5) is 4.45. The van der Waals surface area contributed by atoms with Gasteiger partial charge in [0.1, 0.15) is 0 Å². The van der Waals surface area contributed by atoms with E-state index in [0.717, 1.165) is 30.2 Å². The molecule has 0 saturated heterocycles. The van der Waals surface area contributed by atoms with Crippen molar-refractivity contribution in [3.8, 4) is 0 Å². The van der Waals surface area contributed by atoms with Gasteiger partial charge in [-0.15, -0.1) is 0 Å². The summed E-state index contributed by atoms with van der Waals surface area (Å²) in [5.74, 6) is 4.04. The largest absolute Gasteiger partial charge is 0.297 e. The summed E-state index contributed by atoms with van der Waals surface area (Å²) < 4.78 is 0. The summed E-state index contributed by atoms with van der Waals surface area (Å²) in [6.45, 7) is 5.82. The van der Waals surface area contributed by atoms with Crippen molar-refractivity contribution in [2.45, 2.75) is 52.4 Å². The lowest BCUT2D eigenvalue weighted by Gasteiger charge is -2.18. The van der Waals surface area contributed by atoms with Gasteiger partial charge in [-0.25, -0.2) is 0 Å². The maximum absolute atomic E-state index is 4.45. The van der Waals surface area contributed by atoms with E-state index in [-0.39, 0.29) is 0 Å². The fourth-order valence-electron chi connectivity index (χ4n) is 3.20. The average Bonchev–Trinajstić information content (AvgIpc) is 3.06. The molecule has 0 amide bonds. The molecule has 0 N–H and O–H groups in total. The van der Waals surface area contributed by atoms with Crippen LogP contribution in [0, 0.1) is 23.7 Å². The predicted molar refractivity (Wildman–Crippen MR) is 66.4 cm³/mol. The molecule has 0 aromatic heterocycles. The minimum atomic E-state index is 0.939. The summed E-state index contributed by atoms with van der Waals surface area (Å²) >= 11 is 0. The lowest BCUT2D eigenvalue weighted by molar-refractivity contribution is 0.365. The smallest absolute Gasteiger partial charge is 0.0416 e. The van der Waals surface area contributed by atoms with E-state index >= 15 is 0 Å². The van der Waals surface area contributed by atoms with E-state index in [4.69, 9.17) is 0 Å². The van der Waals surface area contributed by atoms with E-state index in [2.05, 4.69) is 25.1 Å². The molecule has 0 aromatic carbocycles. The van der Waals surface area contributed by atoms with E-state index in [1.807, 2.05) is 0 Å². The normalized spacial score (nSPS) is 34.7. The first-order chi connectivity index (χ1) is 7.35. The molecule has 2 unspecified atom stereocenters. The molecule has 0 bridgehead atoms. The van der Waals surface area contributed by atoms with Gasteiger partial charge in [0.15, 0.2) is 0 Å². The Labute approximate surface area is 94.4 Å². The van der Waals surface area contributed by atoms with Crippen LogP contribution < -0.4 is 0 Å². The molecule has 1 nitrogen and oxygen atoms in total. The van der Waals surface area contributed by atoms with E-state index in [1.165, 1.54) is 38.5 Å². The highest BCUT2D eigenvalue weighted by Crippen LogP contribution is 2.50. The molecular weight excluding hydrogens is 182 g/mol. The van der Waals surface area contributed by atoms with Gasteiger partial charge in [-0.3, -0.25) is 4.99 Å². The molecule has 0 radical (unpaired) electrons. The molecule has 0 aromatic rings. The van der Waals surface area contributed by atoms with Crippen LogP contribution in [0.15, 0.2) is 4.99 Å². The zero-order valence-corrected chi connectivity index (χ0v) is 10.3. The van der Waals surface area contributed by atoms with Gasteiger partial charge in [0.2, 0.25) is 0 Å². The molecule has 86 valence electrons. The van der Waals surface area contributed by atoms with Gasteiger partial charge >= 0.3 is 0 Å². The highest BCUT2D eigenvalue weighted by Gasteiger charge is 2.42. The van der Waals surface area contributed by atoms with Crippen LogP contribution in [0.3, 0.4) is 0 Å². The van der Waals surface area contributed by atoms with Gasteiger partial charge in [-0.2, -0.15) is 0 Å². The lowest BCUT2D eigenvalue weighted by Crippen LogP contribution is -2.13. The third-order valence-electron chi connectivity index (χ3n) is 4.51. The monoisotopic (exact) mass is 207 g/mol. The second-order valence-corrected chi connectivity index (χ2v) is 5.46. The Morgan fingerprint density at radius 1 is 1.33 bits per heavy atom. The van der Waals surface area contributed by atoms with Crippen LogP contribution in [0.25, 0.3) is 0 Å². The Morgan fingerprint density at radius 2 is 2.13 bits per heavy atom. The van der Waals surface area contributed by atoms with Crippen molar-refractivity contribution in [2.75, 3.05) is 6.54 Å². The zero-order valence-electron chi connectivity index (χ0n) is 10.3. The van der Waals surface area contributed by atoms with Crippen molar-refractivity contribution in [3.05, 3.63) is 0 Å². The van der Waals surface area contributed by atoms with Crippen LogP contribution in [0.2, 0.25) is 0 Å². The number of hydrogen-bond donors (Lipinski definition) is 0. The molecule has 1 heteroatoms. The standard InChI is InChI=1S/C14H25N/c1-3-11(4-2)8-13-9-14(13)12-6-5-7-15-10-12/h7,11-14H,3-6,8-10H2,1-2H3/t12-,13?,14?/m1/s1. The van der Waals surface area contributed by atoms with Crippen LogP contribution in [-0.4, -0.2) is 12.8 Å². The Bertz CT molecular complexity index is 217. The summed E-state index contributed by atoms with van der Waals surface area (Å²) in [5, 5.41) is 0. The maximum atomic E-state index is 4.45.